The zero-order valence-corrected chi connectivity index (χ0v) is 6.65. The summed E-state index contributed by atoms with van der Waals surface area (Å²) in [7, 11) is -8.33. The van der Waals surface area contributed by atoms with E-state index in [0.717, 1.165) is 0 Å². The third-order valence-electron chi connectivity index (χ3n) is 0. The maximum Gasteiger partial charge on any atom is 1.00 e. The molecule has 4 nitrogen and oxygen atoms in total. The number of halogens is 3. The molecule has 0 aliphatic carbocycles. The van der Waals surface area contributed by atoms with Crippen molar-refractivity contribution in [2.75, 3.05) is 0 Å². The van der Waals surface area contributed by atoms with Gasteiger partial charge in [0.05, 0.1) is 0 Å². The first-order valence-electron chi connectivity index (χ1n) is 1.35. The van der Waals surface area contributed by atoms with Crippen molar-refractivity contribution < 1.29 is 49.3 Å². The van der Waals surface area contributed by atoms with Crippen LogP contribution in [-0.4, -0.2) is 25.1 Å². The van der Waals surface area contributed by atoms with Gasteiger partial charge >= 0.3 is 36.8 Å². The smallest absolute Gasteiger partial charge is 0.358 e. The Morgan fingerprint density at radius 2 is 1.09 bits per heavy atom. The van der Waals surface area contributed by atoms with Crippen LogP contribution in [0.15, 0.2) is 0 Å². The van der Waals surface area contributed by atoms with E-state index < -0.39 is 17.9 Å². The number of hydrogen-bond donors (Lipinski definition) is 2. The molecule has 0 amide bonds. The fourth-order valence-corrected chi connectivity index (χ4v) is 0. The van der Waals surface area contributed by atoms with E-state index in [0.29, 0.717) is 0 Å². The number of hydrogen-bond acceptors (Lipinski definition) is 2. The molecule has 11 heavy (non-hydrogen) atoms. The average molecular weight is 188 g/mol. The topological polar surface area (TPSA) is 74.6 Å². The van der Waals surface area contributed by atoms with Crippen LogP contribution >= 0.6 is 0 Å². The Hall–Kier alpha value is 0.322. The van der Waals surface area contributed by atoms with Crippen LogP contribution in [0.5, 0.6) is 0 Å². The second-order valence-electron chi connectivity index (χ2n) is 0.695. The molecule has 10 heteroatoms. The summed E-state index contributed by atoms with van der Waals surface area (Å²) in [5.41, 5.74) is 0. The molecule has 0 aliphatic heterocycles. The molecule has 0 rings (SSSR count). The SMILES string of the molecule is FB(F)F.O=S(=O)(O)O.[CH3-].[Li+]. The zero-order valence-electron chi connectivity index (χ0n) is 5.83. The van der Waals surface area contributed by atoms with E-state index in [1.165, 1.54) is 0 Å². The van der Waals surface area contributed by atoms with Crippen molar-refractivity contribution >= 4 is 17.9 Å². The molecule has 0 radical (unpaired) electrons. The number of rotatable bonds is 0. The Morgan fingerprint density at radius 3 is 1.09 bits per heavy atom. The standard InChI is InChI=1S/CH3.BF3.Li.H2O4S/c;2-1(3)4;;1-5(2,3)4/h1H3;;;(H2,1,2,3,4)/q-1;;+1;. The Balaban J connectivity index is -0.0000000383. The van der Waals surface area contributed by atoms with Crippen LogP contribution < -0.4 is 18.9 Å². The zero-order chi connectivity index (χ0) is 8.08. The van der Waals surface area contributed by atoms with Crippen molar-refractivity contribution in [3.63, 3.8) is 0 Å². The van der Waals surface area contributed by atoms with Crippen molar-refractivity contribution in [1.82, 2.24) is 0 Å². The molecule has 2 N–H and O–H groups in total. The van der Waals surface area contributed by atoms with Gasteiger partial charge in [0.15, 0.2) is 0 Å². The fraction of sp³-hybridized carbons (Fsp3) is 0. The second-order valence-corrected chi connectivity index (χ2v) is 1.59. The third-order valence-corrected chi connectivity index (χ3v) is 0. The molecule has 0 fully saturated rings. The summed E-state index contributed by atoms with van der Waals surface area (Å²) in [6.07, 6.45) is 0. The van der Waals surface area contributed by atoms with Crippen LogP contribution in [0.1, 0.15) is 0 Å². The molecule has 0 saturated heterocycles. The van der Waals surface area contributed by atoms with Crippen molar-refractivity contribution in [3.8, 4) is 0 Å². The first-order valence-corrected chi connectivity index (χ1v) is 2.75. The first-order chi connectivity index (χ1) is 3.73. The van der Waals surface area contributed by atoms with Gasteiger partial charge in [-0.3, -0.25) is 22.1 Å². The van der Waals surface area contributed by atoms with Crippen LogP contribution in [0.2, 0.25) is 0 Å². The Labute approximate surface area is 75.1 Å². The monoisotopic (exact) mass is 188 g/mol. The molecule has 0 aromatic heterocycles. The van der Waals surface area contributed by atoms with Crippen molar-refractivity contribution in [1.29, 1.82) is 0 Å². The van der Waals surface area contributed by atoms with Gasteiger partial charge in [-0.1, -0.05) is 0 Å². The van der Waals surface area contributed by atoms with E-state index in [4.69, 9.17) is 17.5 Å². The van der Waals surface area contributed by atoms with E-state index >= 15 is 0 Å². The molecule has 0 unspecified atom stereocenters. The van der Waals surface area contributed by atoms with Gasteiger partial charge < -0.3 is 7.43 Å². The summed E-state index contributed by atoms with van der Waals surface area (Å²) in [5.74, 6) is 0. The van der Waals surface area contributed by atoms with Gasteiger partial charge in [0, 0.05) is 0 Å². The van der Waals surface area contributed by atoms with Gasteiger partial charge in [-0.25, -0.2) is 0 Å². The minimum Gasteiger partial charge on any atom is -0.358 e. The third kappa shape index (κ3) is 6880. The van der Waals surface area contributed by atoms with Crippen molar-refractivity contribution in [2.24, 2.45) is 0 Å². The molecule has 0 saturated carbocycles. The summed E-state index contributed by atoms with van der Waals surface area (Å²) in [5, 5.41) is 0. The predicted molar refractivity (Wildman–Crippen MR) is 29.7 cm³/mol. The van der Waals surface area contributed by atoms with E-state index in [9.17, 15) is 12.9 Å². The van der Waals surface area contributed by atoms with Gasteiger partial charge in [-0.2, -0.15) is 8.42 Å². The normalized spacial score (nSPS) is 7.73. The van der Waals surface area contributed by atoms with E-state index in [1.807, 2.05) is 0 Å². The minimum atomic E-state index is -4.67. The van der Waals surface area contributed by atoms with E-state index in [1.54, 1.807) is 0 Å². The van der Waals surface area contributed by atoms with Crippen molar-refractivity contribution in [3.05, 3.63) is 7.43 Å². The molecular formula is CH5BF3LiO4S. The van der Waals surface area contributed by atoms with Crippen molar-refractivity contribution in [2.45, 2.75) is 0 Å². The summed E-state index contributed by atoms with van der Waals surface area (Å²) in [4.78, 5) is 0. The second kappa shape index (κ2) is 10.3. The van der Waals surface area contributed by atoms with Gasteiger partial charge in [-0.15, -0.1) is 0 Å². The molecule has 0 aromatic carbocycles. The fourth-order valence-electron chi connectivity index (χ4n) is 0. The van der Waals surface area contributed by atoms with Crippen LogP contribution in [0.3, 0.4) is 0 Å². The van der Waals surface area contributed by atoms with E-state index in [-0.39, 0.29) is 26.3 Å². The molecule has 0 bridgehead atoms. The Morgan fingerprint density at radius 1 is 1.09 bits per heavy atom. The molecule has 0 spiro atoms. The average Bonchev–Trinajstić information content (AvgIpc) is 1.19. The largest absolute Gasteiger partial charge is 1.00 e. The molecule has 64 valence electrons. The quantitative estimate of drug-likeness (QED) is 0.254. The Bertz CT molecular complexity index is 137. The van der Waals surface area contributed by atoms with Crippen LogP contribution in [0.4, 0.5) is 12.9 Å². The van der Waals surface area contributed by atoms with Crippen LogP contribution in [0.25, 0.3) is 0 Å². The maximum absolute atomic E-state index is 9.67. The molecule has 0 aromatic rings. The minimum absolute atomic E-state index is 0. The van der Waals surface area contributed by atoms with E-state index in [2.05, 4.69) is 0 Å². The van der Waals surface area contributed by atoms with Gasteiger partial charge in [0.1, 0.15) is 0 Å². The van der Waals surface area contributed by atoms with Gasteiger partial charge in [0.25, 0.3) is 0 Å². The molecular weight excluding hydrogens is 183 g/mol. The molecule has 0 atom stereocenters. The summed E-state index contributed by atoms with van der Waals surface area (Å²) in [6.45, 7) is 0. The molecule has 0 aliphatic rings. The summed E-state index contributed by atoms with van der Waals surface area (Å²) in [6, 6.07) is 0. The maximum atomic E-state index is 9.67. The predicted octanol–water partition coefficient (Wildman–Crippen LogP) is -2.32. The Kier molecular flexibility index (Phi) is 21.1. The van der Waals surface area contributed by atoms with Crippen LogP contribution in [-0.2, 0) is 10.4 Å². The van der Waals surface area contributed by atoms with Crippen LogP contribution in [0, 0.1) is 7.43 Å². The molecule has 0 heterocycles. The first kappa shape index (κ1) is 22.5. The van der Waals surface area contributed by atoms with Gasteiger partial charge in [-0.05, 0) is 0 Å². The van der Waals surface area contributed by atoms with Gasteiger partial charge in [0.2, 0.25) is 0 Å². The summed E-state index contributed by atoms with van der Waals surface area (Å²) < 4.78 is 60.6. The summed E-state index contributed by atoms with van der Waals surface area (Å²) >= 11 is 0.